The summed E-state index contributed by atoms with van der Waals surface area (Å²) in [6.45, 7) is 1.98. The number of amides is 1. The SMILES string of the molecule is CSCC(C)NC(=O)C(N)c1ccccc1.Cl. The highest BCUT2D eigenvalue weighted by Crippen LogP contribution is 2.09. The number of halogens is 1. The molecule has 1 rings (SSSR count). The number of thioether (sulfide) groups is 1. The number of hydrogen-bond donors (Lipinski definition) is 2. The number of rotatable bonds is 5. The quantitative estimate of drug-likeness (QED) is 0.863. The molecule has 0 aliphatic rings. The molecule has 2 unspecified atom stereocenters. The maximum Gasteiger partial charge on any atom is 0.241 e. The van der Waals surface area contributed by atoms with Gasteiger partial charge in [-0.05, 0) is 18.7 Å². The first-order valence-corrected chi connectivity index (χ1v) is 6.64. The second-order valence-corrected chi connectivity index (χ2v) is 4.66. The van der Waals surface area contributed by atoms with Crippen LogP contribution in [-0.4, -0.2) is 24.0 Å². The number of carbonyl (C=O) groups is 1. The maximum absolute atomic E-state index is 11.8. The van der Waals surface area contributed by atoms with Crippen LogP contribution in [0.1, 0.15) is 18.5 Å². The van der Waals surface area contributed by atoms with Crippen LogP contribution in [0.4, 0.5) is 0 Å². The molecule has 2 atom stereocenters. The van der Waals surface area contributed by atoms with E-state index in [1.54, 1.807) is 11.8 Å². The van der Waals surface area contributed by atoms with E-state index in [-0.39, 0.29) is 24.4 Å². The Bertz CT molecular complexity index is 335. The maximum atomic E-state index is 11.8. The average Bonchev–Trinajstić information content (AvgIpc) is 2.29. The van der Waals surface area contributed by atoms with Gasteiger partial charge in [0.15, 0.2) is 0 Å². The molecular formula is C12H19ClN2OS. The summed E-state index contributed by atoms with van der Waals surface area (Å²) in [4.78, 5) is 11.8. The second-order valence-electron chi connectivity index (χ2n) is 3.75. The Hall–Kier alpha value is -0.710. The van der Waals surface area contributed by atoms with E-state index in [9.17, 15) is 4.79 Å². The third kappa shape index (κ3) is 5.44. The number of nitrogens with two attached hydrogens (primary N) is 1. The number of nitrogens with one attached hydrogen (secondary N) is 1. The molecule has 96 valence electrons. The number of benzene rings is 1. The van der Waals surface area contributed by atoms with Crippen LogP contribution in [0.15, 0.2) is 30.3 Å². The molecule has 1 aromatic rings. The van der Waals surface area contributed by atoms with Crippen LogP contribution in [0.3, 0.4) is 0 Å². The summed E-state index contributed by atoms with van der Waals surface area (Å²) in [5, 5.41) is 2.89. The lowest BCUT2D eigenvalue weighted by Crippen LogP contribution is -2.40. The van der Waals surface area contributed by atoms with Crippen LogP contribution in [0.2, 0.25) is 0 Å². The standard InChI is InChI=1S/C12H18N2OS.ClH/c1-9(8-16-2)14-12(15)11(13)10-6-4-3-5-7-10;/h3-7,9,11H,8,13H2,1-2H3,(H,14,15);1H. The first kappa shape index (κ1) is 16.3. The zero-order valence-corrected chi connectivity index (χ0v) is 11.7. The predicted octanol–water partition coefficient (Wildman–Crippen LogP) is 1.98. The van der Waals surface area contributed by atoms with Crippen LogP contribution in [0, 0.1) is 0 Å². The summed E-state index contributed by atoms with van der Waals surface area (Å²) in [5.74, 6) is 0.778. The van der Waals surface area contributed by atoms with Crippen molar-refractivity contribution in [1.29, 1.82) is 0 Å². The molecule has 0 aliphatic heterocycles. The molecular weight excluding hydrogens is 256 g/mol. The van der Waals surface area contributed by atoms with Gasteiger partial charge in [-0.3, -0.25) is 4.79 Å². The molecule has 17 heavy (non-hydrogen) atoms. The highest BCUT2D eigenvalue weighted by atomic mass is 35.5. The van der Waals surface area contributed by atoms with Gasteiger partial charge in [-0.1, -0.05) is 30.3 Å². The van der Waals surface area contributed by atoms with E-state index in [1.807, 2.05) is 43.5 Å². The van der Waals surface area contributed by atoms with Crippen LogP contribution < -0.4 is 11.1 Å². The molecule has 1 aromatic carbocycles. The Labute approximate surface area is 113 Å². The first-order valence-electron chi connectivity index (χ1n) is 5.25. The first-order chi connectivity index (χ1) is 7.65. The lowest BCUT2D eigenvalue weighted by Gasteiger charge is -2.16. The van der Waals surface area contributed by atoms with E-state index in [2.05, 4.69) is 5.32 Å². The Morgan fingerprint density at radius 3 is 2.53 bits per heavy atom. The molecule has 0 spiro atoms. The zero-order chi connectivity index (χ0) is 12.0. The Kier molecular flexibility index (Phi) is 8.04. The zero-order valence-electron chi connectivity index (χ0n) is 10.1. The second kappa shape index (κ2) is 8.39. The van der Waals surface area contributed by atoms with E-state index in [0.717, 1.165) is 11.3 Å². The van der Waals surface area contributed by atoms with Gasteiger partial charge in [0.25, 0.3) is 0 Å². The highest BCUT2D eigenvalue weighted by Gasteiger charge is 2.16. The third-order valence-electron chi connectivity index (χ3n) is 2.25. The van der Waals surface area contributed by atoms with E-state index in [0.29, 0.717) is 0 Å². The number of carbonyl (C=O) groups excluding carboxylic acids is 1. The molecule has 0 saturated heterocycles. The summed E-state index contributed by atoms with van der Waals surface area (Å²) in [5.41, 5.74) is 6.71. The van der Waals surface area contributed by atoms with E-state index >= 15 is 0 Å². The molecule has 0 radical (unpaired) electrons. The van der Waals surface area contributed by atoms with Gasteiger partial charge < -0.3 is 11.1 Å². The monoisotopic (exact) mass is 274 g/mol. The molecule has 5 heteroatoms. The Balaban J connectivity index is 0.00000256. The van der Waals surface area contributed by atoms with Crippen molar-refractivity contribution in [1.82, 2.24) is 5.32 Å². The van der Waals surface area contributed by atoms with Crippen molar-refractivity contribution < 1.29 is 4.79 Å². The predicted molar refractivity (Wildman–Crippen MR) is 76.6 cm³/mol. The summed E-state index contributed by atoms with van der Waals surface area (Å²) in [6.07, 6.45) is 2.01. The van der Waals surface area contributed by atoms with E-state index in [4.69, 9.17) is 5.73 Å². The minimum atomic E-state index is -0.578. The molecule has 0 bridgehead atoms. The van der Waals surface area contributed by atoms with Crippen molar-refractivity contribution in [2.24, 2.45) is 5.73 Å². The Morgan fingerprint density at radius 2 is 2.00 bits per heavy atom. The van der Waals surface area contributed by atoms with Gasteiger partial charge >= 0.3 is 0 Å². The van der Waals surface area contributed by atoms with E-state index < -0.39 is 6.04 Å². The van der Waals surface area contributed by atoms with Gasteiger partial charge in [0.2, 0.25) is 5.91 Å². The molecule has 1 amide bonds. The normalized spacial score (nSPS) is 13.4. The lowest BCUT2D eigenvalue weighted by molar-refractivity contribution is -0.122. The fourth-order valence-electron chi connectivity index (χ4n) is 1.44. The summed E-state index contributed by atoms with van der Waals surface area (Å²) in [6, 6.07) is 8.97. The molecule has 3 nitrogen and oxygen atoms in total. The number of hydrogen-bond acceptors (Lipinski definition) is 3. The summed E-state index contributed by atoms with van der Waals surface area (Å²) >= 11 is 1.70. The lowest BCUT2D eigenvalue weighted by atomic mass is 10.1. The van der Waals surface area contributed by atoms with Crippen molar-refractivity contribution in [3.63, 3.8) is 0 Å². The van der Waals surface area contributed by atoms with Crippen molar-refractivity contribution in [3.8, 4) is 0 Å². The molecule has 0 fully saturated rings. The molecule has 0 aliphatic carbocycles. The largest absolute Gasteiger partial charge is 0.351 e. The van der Waals surface area contributed by atoms with Crippen LogP contribution in [0.5, 0.6) is 0 Å². The van der Waals surface area contributed by atoms with Crippen LogP contribution >= 0.6 is 24.2 Å². The van der Waals surface area contributed by atoms with Crippen molar-refractivity contribution in [2.75, 3.05) is 12.0 Å². The summed E-state index contributed by atoms with van der Waals surface area (Å²) in [7, 11) is 0. The van der Waals surface area contributed by atoms with Gasteiger partial charge in [-0.2, -0.15) is 11.8 Å². The van der Waals surface area contributed by atoms with Crippen LogP contribution in [0.25, 0.3) is 0 Å². The van der Waals surface area contributed by atoms with Gasteiger partial charge in [0, 0.05) is 11.8 Å². The van der Waals surface area contributed by atoms with Crippen LogP contribution in [-0.2, 0) is 4.79 Å². The molecule has 3 N–H and O–H groups in total. The van der Waals surface area contributed by atoms with Crippen molar-refractivity contribution in [2.45, 2.75) is 19.0 Å². The van der Waals surface area contributed by atoms with Gasteiger partial charge in [0.05, 0.1) is 0 Å². The average molecular weight is 275 g/mol. The Morgan fingerprint density at radius 1 is 1.41 bits per heavy atom. The molecule has 0 aromatic heterocycles. The van der Waals surface area contributed by atoms with E-state index in [1.165, 1.54) is 0 Å². The fraction of sp³-hybridized carbons (Fsp3) is 0.417. The topological polar surface area (TPSA) is 55.1 Å². The molecule has 0 saturated carbocycles. The van der Waals surface area contributed by atoms with Crippen molar-refractivity contribution in [3.05, 3.63) is 35.9 Å². The van der Waals surface area contributed by atoms with Crippen molar-refractivity contribution >= 4 is 30.1 Å². The molecule has 0 heterocycles. The summed E-state index contributed by atoms with van der Waals surface area (Å²) < 4.78 is 0. The minimum Gasteiger partial charge on any atom is -0.351 e. The highest BCUT2D eigenvalue weighted by molar-refractivity contribution is 7.98. The third-order valence-corrected chi connectivity index (χ3v) is 3.08. The van der Waals surface area contributed by atoms with Gasteiger partial charge in [-0.15, -0.1) is 12.4 Å². The van der Waals surface area contributed by atoms with Gasteiger partial charge in [0.1, 0.15) is 6.04 Å². The fourth-order valence-corrected chi connectivity index (χ4v) is 2.02. The van der Waals surface area contributed by atoms with Gasteiger partial charge in [-0.25, -0.2) is 0 Å². The minimum absolute atomic E-state index is 0. The smallest absolute Gasteiger partial charge is 0.241 e.